The molecule has 9 nitrogen and oxygen atoms in total. The summed E-state index contributed by atoms with van der Waals surface area (Å²) in [7, 11) is 1.92. The van der Waals surface area contributed by atoms with Crippen molar-refractivity contribution in [3.63, 3.8) is 0 Å². The van der Waals surface area contributed by atoms with E-state index >= 15 is 0 Å². The Hall–Kier alpha value is -4.47. The molecule has 48 heavy (non-hydrogen) atoms. The van der Waals surface area contributed by atoms with E-state index in [-0.39, 0.29) is 18.0 Å². The summed E-state index contributed by atoms with van der Waals surface area (Å²) in [6.07, 6.45) is 1.96. The molecule has 3 N–H and O–H groups in total. The first kappa shape index (κ1) is 33.4. The number of aromatic carboxylic acids is 1. The molecule has 0 saturated heterocycles. The number of carboxylic acid groups (broad SMARTS) is 1. The number of anilines is 1. The third-order valence-corrected chi connectivity index (χ3v) is 10.1. The number of nitrogens with zero attached hydrogens (tertiary/aromatic N) is 4. The van der Waals surface area contributed by atoms with Crippen LogP contribution in [-0.4, -0.2) is 49.4 Å². The van der Waals surface area contributed by atoms with Crippen molar-refractivity contribution in [1.29, 1.82) is 0 Å². The SMILES string of the molecule is Cc1cc(OCCCc2c3n(c4c(-c5c(C)nn(C)c5C)c(Cl)ccc24)CCCN(Cc2cc(N)cc(C(=O)O)c2)C3=O)cc(C)c1Cl. The highest BCUT2D eigenvalue weighted by Gasteiger charge is 2.32. The van der Waals surface area contributed by atoms with Crippen molar-refractivity contribution in [2.24, 2.45) is 7.05 Å². The number of ether oxygens (including phenoxy) is 1. The van der Waals surface area contributed by atoms with Crippen LogP contribution in [0.15, 0.2) is 42.5 Å². The van der Waals surface area contributed by atoms with Gasteiger partial charge in [-0.3, -0.25) is 9.48 Å². The lowest BCUT2D eigenvalue weighted by Crippen LogP contribution is -2.31. The van der Waals surface area contributed by atoms with Crippen molar-refractivity contribution in [1.82, 2.24) is 19.2 Å². The first-order valence-corrected chi connectivity index (χ1v) is 16.8. The van der Waals surface area contributed by atoms with Gasteiger partial charge >= 0.3 is 5.97 Å². The lowest BCUT2D eigenvalue weighted by Gasteiger charge is -2.21. The van der Waals surface area contributed by atoms with E-state index in [2.05, 4.69) is 9.67 Å². The van der Waals surface area contributed by atoms with Gasteiger partial charge in [0.05, 0.1) is 28.4 Å². The highest BCUT2D eigenvalue weighted by molar-refractivity contribution is 6.35. The van der Waals surface area contributed by atoms with Crippen LogP contribution in [0.1, 0.15) is 67.3 Å². The van der Waals surface area contributed by atoms with Gasteiger partial charge in [0.2, 0.25) is 0 Å². The minimum Gasteiger partial charge on any atom is -0.494 e. The van der Waals surface area contributed by atoms with Crippen LogP contribution >= 0.6 is 23.2 Å². The Morgan fingerprint density at radius 3 is 2.42 bits per heavy atom. The highest BCUT2D eigenvalue weighted by atomic mass is 35.5. The summed E-state index contributed by atoms with van der Waals surface area (Å²) in [5, 5.41) is 16.6. The Labute approximate surface area is 289 Å². The number of carboxylic acids is 1. The van der Waals surface area contributed by atoms with Crippen molar-refractivity contribution in [2.75, 3.05) is 18.9 Å². The number of aromatic nitrogens is 3. The van der Waals surface area contributed by atoms with E-state index in [0.717, 1.165) is 60.9 Å². The van der Waals surface area contributed by atoms with Crippen molar-refractivity contribution in [3.05, 3.63) is 97.4 Å². The van der Waals surface area contributed by atoms with E-state index in [1.807, 2.05) is 63.7 Å². The van der Waals surface area contributed by atoms with E-state index in [1.165, 1.54) is 6.07 Å². The Balaban J connectivity index is 1.43. The van der Waals surface area contributed by atoms with Crippen LogP contribution in [0, 0.1) is 27.7 Å². The zero-order chi connectivity index (χ0) is 34.4. The molecule has 3 heterocycles. The van der Waals surface area contributed by atoms with Crippen LogP contribution in [0.25, 0.3) is 22.0 Å². The van der Waals surface area contributed by atoms with Crippen molar-refractivity contribution in [3.8, 4) is 16.9 Å². The molecule has 0 fully saturated rings. The van der Waals surface area contributed by atoms with Crippen LogP contribution in [0.3, 0.4) is 0 Å². The topological polar surface area (TPSA) is 116 Å². The van der Waals surface area contributed by atoms with E-state index in [1.54, 1.807) is 17.0 Å². The highest BCUT2D eigenvalue weighted by Crippen LogP contribution is 2.43. The van der Waals surface area contributed by atoms with Crippen molar-refractivity contribution in [2.45, 2.75) is 60.0 Å². The Bertz CT molecular complexity index is 2070. The molecule has 1 aliphatic heterocycles. The quantitative estimate of drug-likeness (QED) is 0.120. The number of benzene rings is 3. The molecule has 6 rings (SSSR count). The molecule has 0 bridgehead atoms. The number of halogens is 2. The Kier molecular flexibility index (Phi) is 9.20. The lowest BCUT2D eigenvalue weighted by molar-refractivity contribution is 0.0696. The zero-order valence-corrected chi connectivity index (χ0v) is 29.3. The molecule has 11 heteroatoms. The number of amides is 1. The molecule has 0 radical (unpaired) electrons. The molecule has 0 spiro atoms. The number of rotatable bonds is 9. The second-order valence-electron chi connectivity index (χ2n) is 12.6. The number of aryl methyl sites for hydroxylation is 6. The Morgan fingerprint density at radius 1 is 1.02 bits per heavy atom. The van der Waals surface area contributed by atoms with Gasteiger partial charge < -0.3 is 25.0 Å². The molecule has 0 saturated carbocycles. The predicted molar refractivity (Wildman–Crippen MR) is 191 cm³/mol. The lowest BCUT2D eigenvalue weighted by atomic mass is 9.98. The fourth-order valence-corrected chi connectivity index (χ4v) is 7.35. The summed E-state index contributed by atoms with van der Waals surface area (Å²) >= 11 is 13.4. The maximum atomic E-state index is 14.6. The molecule has 0 aliphatic carbocycles. The zero-order valence-electron chi connectivity index (χ0n) is 27.8. The summed E-state index contributed by atoms with van der Waals surface area (Å²) in [5.74, 6) is -0.425. The summed E-state index contributed by atoms with van der Waals surface area (Å²) in [6, 6.07) is 12.5. The number of carbonyl (C=O) groups excluding carboxylic acids is 1. The van der Waals surface area contributed by atoms with Gasteiger partial charge in [-0.2, -0.15) is 5.10 Å². The standard InChI is InChI=1S/C37H39Cl2N5O4/c1-20-14-27(15-21(2)33(20)39)48-13-6-8-28-29-9-10-30(38)32(31-22(3)41-42(5)23(31)4)34(29)44-12-7-11-43(36(45)35(28)44)19-24-16-25(37(46)47)18-26(40)17-24/h9-10,14-18H,6-8,11-13,19,40H2,1-5H3,(H,46,47). The second kappa shape index (κ2) is 13.2. The average molecular weight is 689 g/mol. The van der Waals surface area contributed by atoms with Crippen LogP contribution in [0.4, 0.5) is 5.69 Å². The first-order valence-electron chi connectivity index (χ1n) is 16.0. The summed E-state index contributed by atoms with van der Waals surface area (Å²) in [4.78, 5) is 28.2. The minimum absolute atomic E-state index is 0.0923. The predicted octanol–water partition coefficient (Wildman–Crippen LogP) is 7.92. The largest absolute Gasteiger partial charge is 0.494 e. The fraction of sp³-hybridized carbons (Fsp3) is 0.324. The van der Waals surface area contributed by atoms with Gasteiger partial charge in [0.1, 0.15) is 11.4 Å². The number of hydrogen-bond acceptors (Lipinski definition) is 5. The van der Waals surface area contributed by atoms with E-state index < -0.39 is 5.97 Å². The normalized spacial score (nSPS) is 13.2. The second-order valence-corrected chi connectivity index (χ2v) is 13.4. The molecule has 250 valence electrons. The number of nitrogens with two attached hydrogens (primary N) is 1. The number of hydrogen-bond donors (Lipinski definition) is 2. The third-order valence-electron chi connectivity index (χ3n) is 9.22. The maximum Gasteiger partial charge on any atom is 0.335 e. The number of carbonyl (C=O) groups is 2. The van der Waals surface area contributed by atoms with Gasteiger partial charge in [-0.15, -0.1) is 0 Å². The maximum absolute atomic E-state index is 14.6. The molecule has 3 aromatic carbocycles. The summed E-state index contributed by atoms with van der Waals surface area (Å²) < 4.78 is 10.2. The monoisotopic (exact) mass is 687 g/mol. The minimum atomic E-state index is -1.07. The van der Waals surface area contributed by atoms with Crippen LogP contribution in [0.2, 0.25) is 10.0 Å². The molecule has 1 amide bonds. The summed E-state index contributed by atoms with van der Waals surface area (Å²) in [5.41, 5.74) is 15.2. The third kappa shape index (κ3) is 6.13. The molecule has 2 aromatic heterocycles. The molecule has 0 unspecified atom stereocenters. The fourth-order valence-electron chi connectivity index (χ4n) is 6.99. The molecule has 0 atom stereocenters. The number of nitrogen functional groups attached to an aromatic ring is 1. The van der Waals surface area contributed by atoms with Crippen molar-refractivity contribution >= 4 is 51.7 Å². The van der Waals surface area contributed by atoms with Gasteiger partial charge in [-0.25, -0.2) is 4.79 Å². The van der Waals surface area contributed by atoms with Gasteiger partial charge in [0.15, 0.2) is 0 Å². The van der Waals surface area contributed by atoms with Crippen LogP contribution in [-0.2, 0) is 26.6 Å². The molecule has 5 aromatic rings. The van der Waals surface area contributed by atoms with Crippen LogP contribution < -0.4 is 10.5 Å². The summed E-state index contributed by atoms with van der Waals surface area (Å²) in [6.45, 7) is 9.72. The number of fused-ring (bicyclic) bond motifs is 3. The van der Waals surface area contributed by atoms with Gasteiger partial charge in [-0.1, -0.05) is 29.3 Å². The molecular weight excluding hydrogens is 649 g/mol. The first-order chi connectivity index (χ1) is 22.8. The van der Waals surface area contributed by atoms with Crippen LogP contribution in [0.5, 0.6) is 5.75 Å². The Morgan fingerprint density at radius 2 is 1.75 bits per heavy atom. The van der Waals surface area contributed by atoms with Gasteiger partial charge in [0.25, 0.3) is 5.91 Å². The van der Waals surface area contributed by atoms with Gasteiger partial charge in [0, 0.05) is 59.6 Å². The van der Waals surface area contributed by atoms with Gasteiger partial charge in [-0.05, 0) is 106 Å². The van der Waals surface area contributed by atoms with E-state index in [4.69, 9.17) is 33.7 Å². The molecular formula is C37H39Cl2N5O4. The van der Waals surface area contributed by atoms with E-state index in [9.17, 15) is 14.7 Å². The van der Waals surface area contributed by atoms with E-state index in [0.29, 0.717) is 60.9 Å². The average Bonchev–Trinajstić information content (AvgIpc) is 3.41. The smallest absolute Gasteiger partial charge is 0.335 e. The van der Waals surface area contributed by atoms with Crippen molar-refractivity contribution < 1.29 is 19.4 Å². The molecule has 1 aliphatic rings.